The molecule has 1 rings (SSSR count). The Morgan fingerprint density at radius 2 is 2.06 bits per heavy atom. The Bertz CT molecular complexity index is 426. The minimum atomic E-state index is -0.00214. The minimum Gasteiger partial charge on any atom is -0.375 e. The highest BCUT2D eigenvalue weighted by molar-refractivity contribution is 7.10. The molecule has 1 aromatic rings. The number of hydrogen-bond donors (Lipinski definition) is 1. The number of anilines is 1. The number of rotatable bonds is 5. The normalized spacial score (nSPS) is 10.1. The number of carbonyl (C=O) groups excluding carboxylic acids is 2. The average Bonchev–Trinajstić information content (AvgIpc) is 2.59. The first-order valence-electron chi connectivity index (χ1n) is 5.34. The lowest BCUT2D eigenvalue weighted by Crippen LogP contribution is -2.23. The van der Waals surface area contributed by atoms with E-state index in [-0.39, 0.29) is 11.7 Å². The zero-order chi connectivity index (χ0) is 13.0. The lowest BCUT2D eigenvalue weighted by molar-refractivity contribution is -0.128. The van der Waals surface area contributed by atoms with Crippen LogP contribution in [-0.2, 0) is 4.79 Å². The lowest BCUT2D eigenvalue weighted by atomic mass is 10.2. The van der Waals surface area contributed by atoms with Crippen LogP contribution in [0, 0.1) is 6.92 Å². The number of carbonyl (C=O) groups is 2. The van der Waals surface area contributed by atoms with E-state index in [1.165, 1.54) is 18.5 Å². The van der Waals surface area contributed by atoms with Gasteiger partial charge in [0.05, 0.1) is 11.3 Å². The van der Waals surface area contributed by atoms with Crippen molar-refractivity contribution in [3.63, 3.8) is 0 Å². The van der Waals surface area contributed by atoms with Gasteiger partial charge in [-0.3, -0.25) is 9.59 Å². The van der Waals surface area contributed by atoms with Gasteiger partial charge in [-0.05, 0) is 25.4 Å². The molecule has 0 saturated carbocycles. The van der Waals surface area contributed by atoms with Crippen LogP contribution in [0.3, 0.4) is 0 Å². The third kappa shape index (κ3) is 3.52. The number of aromatic nitrogens is 1. The maximum absolute atomic E-state index is 11.4. The number of ketones is 1. The molecule has 1 aromatic heterocycles. The second-order valence-corrected chi connectivity index (χ2v) is 4.77. The predicted octanol–water partition coefficient (Wildman–Crippen LogP) is 1.54. The highest BCUT2D eigenvalue weighted by Gasteiger charge is 2.14. The molecule has 17 heavy (non-hydrogen) atoms. The van der Waals surface area contributed by atoms with Crippen molar-refractivity contribution in [1.29, 1.82) is 0 Å². The van der Waals surface area contributed by atoms with Gasteiger partial charge in [0, 0.05) is 27.1 Å². The van der Waals surface area contributed by atoms with Crippen LogP contribution in [0.5, 0.6) is 0 Å². The van der Waals surface area contributed by atoms with Gasteiger partial charge in [-0.1, -0.05) is 0 Å². The van der Waals surface area contributed by atoms with Gasteiger partial charge in [-0.15, -0.1) is 0 Å². The predicted molar refractivity (Wildman–Crippen MR) is 68.7 cm³/mol. The van der Waals surface area contributed by atoms with E-state index in [1.54, 1.807) is 19.0 Å². The maximum Gasteiger partial charge on any atom is 0.223 e. The van der Waals surface area contributed by atoms with E-state index in [2.05, 4.69) is 9.69 Å². The summed E-state index contributed by atoms with van der Waals surface area (Å²) in [6.07, 6.45) is 0.404. The first-order valence-corrected chi connectivity index (χ1v) is 6.12. The van der Waals surface area contributed by atoms with Crippen molar-refractivity contribution in [2.75, 3.05) is 26.0 Å². The number of nitrogens with zero attached hydrogens (tertiary/aromatic N) is 2. The molecule has 0 radical (unpaired) electrons. The summed E-state index contributed by atoms with van der Waals surface area (Å²) in [7, 11) is 3.44. The largest absolute Gasteiger partial charge is 0.375 e. The van der Waals surface area contributed by atoms with Gasteiger partial charge in [-0.25, -0.2) is 0 Å². The molecule has 0 bridgehead atoms. The number of amides is 1. The Balaban J connectivity index is 2.58. The van der Waals surface area contributed by atoms with Crippen molar-refractivity contribution in [2.24, 2.45) is 0 Å². The summed E-state index contributed by atoms with van der Waals surface area (Å²) >= 11 is 1.26. The molecule has 6 heteroatoms. The van der Waals surface area contributed by atoms with E-state index in [1.807, 2.05) is 6.92 Å². The van der Waals surface area contributed by atoms with Gasteiger partial charge in [0.1, 0.15) is 5.00 Å². The van der Waals surface area contributed by atoms with Gasteiger partial charge in [0.15, 0.2) is 5.78 Å². The number of nitrogens with one attached hydrogen (secondary N) is 1. The summed E-state index contributed by atoms with van der Waals surface area (Å²) in [4.78, 5) is 24.3. The van der Waals surface area contributed by atoms with Crippen molar-refractivity contribution in [3.8, 4) is 0 Å². The van der Waals surface area contributed by atoms with Crippen LogP contribution >= 0.6 is 11.5 Å². The molecule has 1 heterocycles. The van der Waals surface area contributed by atoms with Gasteiger partial charge >= 0.3 is 0 Å². The fourth-order valence-corrected chi connectivity index (χ4v) is 2.28. The lowest BCUT2D eigenvalue weighted by Gasteiger charge is -2.10. The first kappa shape index (κ1) is 13.6. The zero-order valence-electron chi connectivity index (χ0n) is 10.5. The number of Topliss-reactive ketones (excluding diaryl/α,β-unsaturated/α-hetero) is 1. The smallest absolute Gasteiger partial charge is 0.223 e. The Labute approximate surface area is 105 Å². The van der Waals surface area contributed by atoms with Crippen LogP contribution < -0.4 is 5.32 Å². The minimum absolute atomic E-state index is 0.00214. The summed E-state index contributed by atoms with van der Waals surface area (Å²) in [6, 6.07) is 0. The van der Waals surface area contributed by atoms with Crippen molar-refractivity contribution in [3.05, 3.63) is 11.3 Å². The molecular formula is C11H17N3O2S. The Morgan fingerprint density at radius 1 is 1.41 bits per heavy atom. The van der Waals surface area contributed by atoms with Crippen LogP contribution in [0.1, 0.15) is 29.4 Å². The van der Waals surface area contributed by atoms with E-state index >= 15 is 0 Å². The maximum atomic E-state index is 11.4. The molecule has 0 atom stereocenters. The number of hydrogen-bond acceptors (Lipinski definition) is 5. The standard InChI is InChI=1S/C11H17N3O2S/c1-7-10(8(2)15)11(17-13-7)12-6-5-9(16)14(3)4/h12H,5-6H2,1-4H3. The molecule has 0 aliphatic carbocycles. The van der Waals surface area contributed by atoms with Crippen LogP contribution in [0.4, 0.5) is 5.00 Å². The molecule has 0 fully saturated rings. The monoisotopic (exact) mass is 255 g/mol. The molecule has 1 N–H and O–H groups in total. The van der Waals surface area contributed by atoms with Gasteiger partial charge in [-0.2, -0.15) is 4.37 Å². The van der Waals surface area contributed by atoms with Crippen molar-refractivity contribution < 1.29 is 9.59 Å². The van der Waals surface area contributed by atoms with Crippen LogP contribution in [0.25, 0.3) is 0 Å². The zero-order valence-corrected chi connectivity index (χ0v) is 11.3. The summed E-state index contributed by atoms with van der Waals surface area (Å²) in [5.74, 6) is 0.0563. The molecule has 0 aliphatic heterocycles. The van der Waals surface area contributed by atoms with E-state index in [0.29, 0.717) is 18.5 Å². The second-order valence-electron chi connectivity index (χ2n) is 3.99. The van der Waals surface area contributed by atoms with E-state index in [9.17, 15) is 9.59 Å². The highest BCUT2D eigenvalue weighted by Crippen LogP contribution is 2.24. The molecule has 5 nitrogen and oxygen atoms in total. The fourth-order valence-electron chi connectivity index (χ4n) is 1.41. The molecule has 0 unspecified atom stereocenters. The van der Waals surface area contributed by atoms with Crippen molar-refractivity contribution in [1.82, 2.24) is 9.27 Å². The SMILES string of the molecule is CC(=O)c1c(C)nsc1NCCC(=O)N(C)C. The van der Waals surface area contributed by atoms with Crippen LogP contribution in [0.15, 0.2) is 0 Å². The topological polar surface area (TPSA) is 62.3 Å². The Morgan fingerprint density at radius 3 is 2.59 bits per heavy atom. The highest BCUT2D eigenvalue weighted by atomic mass is 32.1. The third-order valence-electron chi connectivity index (χ3n) is 2.34. The molecule has 0 spiro atoms. The van der Waals surface area contributed by atoms with Crippen molar-refractivity contribution >= 4 is 28.2 Å². The molecular weight excluding hydrogens is 238 g/mol. The van der Waals surface area contributed by atoms with Crippen molar-refractivity contribution in [2.45, 2.75) is 20.3 Å². The summed E-state index contributed by atoms with van der Waals surface area (Å²) in [5.41, 5.74) is 1.37. The third-order valence-corrected chi connectivity index (χ3v) is 3.23. The van der Waals surface area contributed by atoms with E-state index in [4.69, 9.17) is 0 Å². The van der Waals surface area contributed by atoms with E-state index in [0.717, 1.165) is 10.7 Å². The Hall–Kier alpha value is -1.43. The van der Waals surface area contributed by atoms with E-state index < -0.39 is 0 Å². The fraction of sp³-hybridized carbons (Fsp3) is 0.545. The van der Waals surface area contributed by atoms with Crippen LogP contribution in [0.2, 0.25) is 0 Å². The summed E-state index contributed by atoms with van der Waals surface area (Å²) < 4.78 is 4.13. The summed E-state index contributed by atoms with van der Waals surface area (Å²) in [6.45, 7) is 3.84. The number of aryl methyl sites for hydroxylation is 1. The molecule has 0 aliphatic rings. The molecule has 94 valence electrons. The van der Waals surface area contributed by atoms with Crippen LogP contribution in [-0.4, -0.2) is 41.6 Å². The summed E-state index contributed by atoms with van der Waals surface area (Å²) in [5, 5.41) is 3.84. The average molecular weight is 255 g/mol. The van der Waals surface area contributed by atoms with Gasteiger partial charge in [0.2, 0.25) is 5.91 Å². The molecule has 0 saturated heterocycles. The van der Waals surface area contributed by atoms with Gasteiger partial charge in [0.25, 0.3) is 0 Å². The quantitative estimate of drug-likeness (QED) is 0.811. The molecule has 1 amide bonds. The Kier molecular flexibility index (Phi) is 4.62. The molecule has 0 aromatic carbocycles. The first-order chi connectivity index (χ1) is 7.93. The van der Waals surface area contributed by atoms with Gasteiger partial charge < -0.3 is 10.2 Å². The second kappa shape index (κ2) is 5.77.